The van der Waals surface area contributed by atoms with Crippen LogP contribution in [0.5, 0.6) is 0 Å². The maximum Gasteiger partial charge on any atom is 0.330 e. The minimum atomic E-state index is -0.319. The SMILES string of the molecule is COC(=O)/C=C\Cc1cccc(Br)c1. The van der Waals surface area contributed by atoms with Crippen molar-refractivity contribution in [3.8, 4) is 0 Å². The van der Waals surface area contributed by atoms with Crippen LogP contribution in [0.15, 0.2) is 40.9 Å². The van der Waals surface area contributed by atoms with E-state index in [1.165, 1.54) is 13.2 Å². The second-order valence-corrected chi connectivity index (χ2v) is 3.68. The average Bonchev–Trinajstić information content (AvgIpc) is 2.17. The van der Waals surface area contributed by atoms with Gasteiger partial charge < -0.3 is 4.74 Å². The highest BCUT2D eigenvalue weighted by Gasteiger charge is 1.92. The fourth-order valence-corrected chi connectivity index (χ4v) is 1.47. The first-order valence-corrected chi connectivity index (χ1v) is 5.00. The second kappa shape index (κ2) is 5.60. The van der Waals surface area contributed by atoms with Gasteiger partial charge >= 0.3 is 5.97 Å². The van der Waals surface area contributed by atoms with E-state index in [9.17, 15) is 4.79 Å². The standard InChI is InChI=1S/C11H11BrO2/c1-14-11(13)7-3-5-9-4-2-6-10(12)8-9/h2-4,6-8H,5H2,1H3/b7-3-. The number of allylic oxidation sites excluding steroid dienone is 1. The smallest absolute Gasteiger partial charge is 0.330 e. The summed E-state index contributed by atoms with van der Waals surface area (Å²) in [6.07, 6.45) is 3.95. The van der Waals surface area contributed by atoms with Crippen LogP contribution in [0, 0.1) is 0 Å². The van der Waals surface area contributed by atoms with Crippen molar-refractivity contribution in [2.24, 2.45) is 0 Å². The molecule has 0 aliphatic carbocycles. The number of ether oxygens (including phenoxy) is 1. The van der Waals surface area contributed by atoms with Crippen LogP contribution in [0.2, 0.25) is 0 Å². The fraction of sp³-hybridized carbons (Fsp3) is 0.182. The van der Waals surface area contributed by atoms with Crippen LogP contribution in [0.1, 0.15) is 5.56 Å². The molecule has 0 aromatic heterocycles. The monoisotopic (exact) mass is 254 g/mol. The molecule has 0 saturated heterocycles. The summed E-state index contributed by atoms with van der Waals surface area (Å²) in [4.78, 5) is 10.8. The molecule has 0 aliphatic rings. The zero-order chi connectivity index (χ0) is 10.4. The van der Waals surface area contributed by atoms with E-state index in [0.29, 0.717) is 0 Å². The Morgan fingerprint density at radius 1 is 1.57 bits per heavy atom. The van der Waals surface area contributed by atoms with Gasteiger partial charge in [-0.25, -0.2) is 4.79 Å². The van der Waals surface area contributed by atoms with Crippen LogP contribution in [-0.2, 0) is 16.0 Å². The number of rotatable bonds is 3. The molecule has 0 atom stereocenters. The molecule has 14 heavy (non-hydrogen) atoms. The summed E-state index contributed by atoms with van der Waals surface area (Å²) in [5.41, 5.74) is 1.15. The van der Waals surface area contributed by atoms with Crippen LogP contribution in [0.4, 0.5) is 0 Å². The first-order chi connectivity index (χ1) is 6.72. The lowest BCUT2D eigenvalue weighted by Gasteiger charge is -1.96. The molecule has 0 aliphatic heterocycles. The van der Waals surface area contributed by atoms with E-state index in [2.05, 4.69) is 20.7 Å². The molecule has 1 rings (SSSR count). The molecule has 0 spiro atoms. The highest BCUT2D eigenvalue weighted by Crippen LogP contribution is 2.12. The van der Waals surface area contributed by atoms with Gasteiger partial charge in [0.2, 0.25) is 0 Å². The van der Waals surface area contributed by atoms with Crippen molar-refractivity contribution in [1.29, 1.82) is 0 Å². The first kappa shape index (κ1) is 11.0. The van der Waals surface area contributed by atoms with Gasteiger partial charge in [0.15, 0.2) is 0 Å². The highest BCUT2D eigenvalue weighted by atomic mass is 79.9. The van der Waals surface area contributed by atoms with Gasteiger partial charge in [-0.05, 0) is 24.1 Å². The molecule has 0 saturated carbocycles. The number of carbonyl (C=O) groups excluding carboxylic acids is 1. The molecule has 0 bridgehead atoms. The molecule has 0 amide bonds. The molecule has 1 aromatic carbocycles. The molecule has 3 heteroatoms. The van der Waals surface area contributed by atoms with Crippen LogP contribution in [-0.4, -0.2) is 13.1 Å². The topological polar surface area (TPSA) is 26.3 Å². The molecule has 0 radical (unpaired) electrons. The fourth-order valence-electron chi connectivity index (χ4n) is 1.02. The summed E-state index contributed by atoms with van der Waals surface area (Å²) >= 11 is 3.38. The quantitative estimate of drug-likeness (QED) is 0.613. The van der Waals surface area contributed by atoms with Gasteiger partial charge in [-0.3, -0.25) is 0 Å². The van der Waals surface area contributed by atoms with Gasteiger partial charge in [0, 0.05) is 10.5 Å². The molecule has 2 nitrogen and oxygen atoms in total. The highest BCUT2D eigenvalue weighted by molar-refractivity contribution is 9.10. The van der Waals surface area contributed by atoms with Crippen LogP contribution >= 0.6 is 15.9 Å². The Balaban J connectivity index is 2.53. The Morgan fingerprint density at radius 2 is 2.36 bits per heavy atom. The minimum Gasteiger partial charge on any atom is -0.466 e. The van der Waals surface area contributed by atoms with Gasteiger partial charge in [0.1, 0.15) is 0 Å². The van der Waals surface area contributed by atoms with E-state index in [4.69, 9.17) is 0 Å². The Labute approximate surface area is 91.7 Å². The van der Waals surface area contributed by atoms with Gasteiger partial charge in [-0.15, -0.1) is 0 Å². The number of methoxy groups -OCH3 is 1. The Bertz CT molecular complexity index is 345. The number of halogens is 1. The molecule has 0 unspecified atom stereocenters. The van der Waals surface area contributed by atoms with Gasteiger partial charge in [-0.2, -0.15) is 0 Å². The van der Waals surface area contributed by atoms with Crippen molar-refractivity contribution >= 4 is 21.9 Å². The Hall–Kier alpha value is -1.09. The average molecular weight is 255 g/mol. The summed E-state index contributed by atoms with van der Waals surface area (Å²) in [5, 5.41) is 0. The van der Waals surface area contributed by atoms with Crippen molar-refractivity contribution in [2.45, 2.75) is 6.42 Å². The van der Waals surface area contributed by atoms with E-state index in [1.54, 1.807) is 6.08 Å². The summed E-state index contributed by atoms with van der Waals surface area (Å²) in [6.45, 7) is 0. The number of hydrogen-bond donors (Lipinski definition) is 0. The summed E-state index contributed by atoms with van der Waals surface area (Å²) in [7, 11) is 1.37. The molecular formula is C11H11BrO2. The second-order valence-electron chi connectivity index (χ2n) is 2.76. The predicted molar refractivity (Wildman–Crippen MR) is 59.0 cm³/mol. The molecule has 74 valence electrons. The molecule has 0 heterocycles. The van der Waals surface area contributed by atoms with E-state index in [0.717, 1.165) is 16.5 Å². The number of carbonyl (C=O) groups is 1. The van der Waals surface area contributed by atoms with Crippen molar-refractivity contribution in [2.75, 3.05) is 7.11 Å². The summed E-state index contributed by atoms with van der Waals surface area (Å²) in [6, 6.07) is 7.95. The lowest BCUT2D eigenvalue weighted by Crippen LogP contribution is -1.94. The maximum atomic E-state index is 10.8. The third-order valence-electron chi connectivity index (χ3n) is 1.70. The molecule has 0 N–H and O–H groups in total. The number of benzene rings is 1. The van der Waals surface area contributed by atoms with E-state index in [1.807, 2.05) is 24.3 Å². The largest absolute Gasteiger partial charge is 0.466 e. The third kappa shape index (κ3) is 3.75. The van der Waals surface area contributed by atoms with Crippen LogP contribution in [0.25, 0.3) is 0 Å². The van der Waals surface area contributed by atoms with Gasteiger partial charge in [0.05, 0.1) is 7.11 Å². The summed E-state index contributed by atoms with van der Waals surface area (Å²) in [5.74, 6) is -0.319. The zero-order valence-electron chi connectivity index (χ0n) is 7.87. The van der Waals surface area contributed by atoms with Crippen molar-refractivity contribution in [3.05, 3.63) is 46.5 Å². The number of esters is 1. The number of hydrogen-bond acceptors (Lipinski definition) is 2. The van der Waals surface area contributed by atoms with Gasteiger partial charge in [-0.1, -0.05) is 34.1 Å². The Kier molecular flexibility index (Phi) is 4.40. The Morgan fingerprint density at radius 3 is 3.00 bits per heavy atom. The molecule has 0 fully saturated rings. The van der Waals surface area contributed by atoms with E-state index >= 15 is 0 Å². The van der Waals surface area contributed by atoms with E-state index < -0.39 is 0 Å². The third-order valence-corrected chi connectivity index (χ3v) is 2.19. The van der Waals surface area contributed by atoms with Crippen molar-refractivity contribution in [3.63, 3.8) is 0 Å². The lowest BCUT2D eigenvalue weighted by molar-refractivity contribution is -0.134. The van der Waals surface area contributed by atoms with Crippen LogP contribution in [0.3, 0.4) is 0 Å². The van der Waals surface area contributed by atoms with Crippen LogP contribution < -0.4 is 0 Å². The predicted octanol–water partition coefficient (Wildman–Crippen LogP) is 2.72. The zero-order valence-corrected chi connectivity index (χ0v) is 9.45. The molecular weight excluding hydrogens is 244 g/mol. The minimum absolute atomic E-state index is 0.319. The maximum absolute atomic E-state index is 10.8. The molecule has 1 aromatic rings. The van der Waals surface area contributed by atoms with Crippen molar-refractivity contribution in [1.82, 2.24) is 0 Å². The normalized spacial score (nSPS) is 10.4. The van der Waals surface area contributed by atoms with Crippen molar-refractivity contribution < 1.29 is 9.53 Å². The lowest BCUT2D eigenvalue weighted by atomic mass is 10.1. The first-order valence-electron chi connectivity index (χ1n) is 4.21. The van der Waals surface area contributed by atoms with E-state index in [-0.39, 0.29) is 5.97 Å². The summed E-state index contributed by atoms with van der Waals surface area (Å²) < 4.78 is 5.52. The van der Waals surface area contributed by atoms with Gasteiger partial charge in [0.25, 0.3) is 0 Å².